The van der Waals surface area contributed by atoms with Gasteiger partial charge in [-0.05, 0) is 32.0 Å². The van der Waals surface area contributed by atoms with Gasteiger partial charge in [-0.3, -0.25) is 4.79 Å². The largest absolute Gasteiger partial charge is 0.372 e. The van der Waals surface area contributed by atoms with Crippen LogP contribution >= 0.6 is 0 Å². The van der Waals surface area contributed by atoms with E-state index >= 15 is 0 Å². The average molecular weight is 237 g/mol. The molecule has 1 saturated heterocycles. The quantitative estimate of drug-likeness (QED) is 0.739. The first-order chi connectivity index (χ1) is 8.10. The fourth-order valence-corrected chi connectivity index (χ4v) is 2.28. The zero-order chi connectivity index (χ0) is 12.4. The van der Waals surface area contributed by atoms with Gasteiger partial charge in [0.25, 0.3) is 0 Å². The van der Waals surface area contributed by atoms with Gasteiger partial charge in [-0.2, -0.15) is 0 Å². The maximum absolute atomic E-state index is 13.1. The van der Waals surface area contributed by atoms with Gasteiger partial charge in [0.1, 0.15) is 5.82 Å². The smallest absolute Gasteiger partial charge is 0.152 e. The molecule has 92 valence electrons. The summed E-state index contributed by atoms with van der Waals surface area (Å²) >= 11 is 0. The molecule has 2 atom stereocenters. The van der Waals surface area contributed by atoms with Gasteiger partial charge < -0.3 is 9.64 Å². The van der Waals surface area contributed by atoms with E-state index in [1.54, 1.807) is 6.07 Å². The van der Waals surface area contributed by atoms with E-state index in [-0.39, 0.29) is 18.0 Å². The fourth-order valence-electron chi connectivity index (χ4n) is 2.28. The molecule has 4 heteroatoms. The molecule has 1 aliphatic rings. The highest BCUT2D eigenvalue weighted by Crippen LogP contribution is 2.24. The monoisotopic (exact) mass is 237 g/mol. The predicted molar refractivity (Wildman–Crippen MR) is 64.0 cm³/mol. The number of morpholine rings is 1. The summed E-state index contributed by atoms with van der Waals surface area (Å²) in [6.07, 6.45) is 0.926. The maximum atomic E-state index is 13.1. The SMILES string of the molecule is C[C@@H]1CN(c2ccc(F)cc2C=O)C[C@H](C)O1. The number of nitrogens with zero attached hydrogens (tertiary/aromatic N) is 1. The first kappa shape index (κ1) is 12.0. The lowest BCUT2D eigenvalue weighted by Gasteiger charge is -2.37. The number of carbonyl (C=O) groups excluding carboxylic acids is 1. The minimum absolute atomic E-state index is 0.114. The van der Waals surface area contributed by atoms with E-state index in [0.717, 1.165) is 18.8 Å². The number of hydrogen-bond acceptors (Lipinski definition) is 3. The molecular weight excluding hydrogens is 221 g/mol. The molecule has 0 aromatic heterocycles. The van der Waals surface area contributed by atoms with Crippen LogP contribution in [0.1, 0.15) is 24.2 Å². The highest BCUT2D eigenvalue weighted by Gasteiger charge is 2.23. The second-order valence-corrected chi connectivity index (χ2v) is 4.48. The predicted octanol–water partition coefficient (Wildman–Crippen LogP) is 2.25. The van der Waals surface area contributed by atoms with E-state index in [4.69, 9.17) is 4.74 Å². The molecule has 0 saturated carbocycles. The van der Waals surface area contributed by atoms with Crippen LogP contribution in [-0.4, -0.2) is 31.6 Å². The van der Waals surface area contributed by atoms with E-state index in [1.165, 1.54) is 12.1 Å². The van der Waals surface area contributed by atoms with Crippen LogP contribution in [0.15, 0.2) is 18.2 Å². The van der Waals surface area contributed by atoms with Gasteiger partial charge in [0, 0.05) is 24.3 Å². The number of benzene rings is 1. The molecule has 2 rings (SSSR count). The van der Waals surface area contributed by atoms with Crippen molar-refractivity contribution in [3.05, 3.63) is 29.6 Å². The molecular formula is C13H16FNO2. The number of anilines is 1. The van der Waals surface area contributed by atoms with Crippen LogP contribution in [0.5, 0.6) is 0 Å². The van der Waals surface area contributed by atoms with Crippen molar-refractivity contribution in [2.45, 2.75) is 26.1 Å². The van der Waals surface area contributed by atoms with Gasteiger partial charge >= 0.3 is 0 Å². The third-order valence-corrected chi connectivity index (χ3v) is 2.88. The van der Waals surface area contributed by atoms with E-state index in [1.807, 2.05) is 13.8 Å². The lowest BCUT2D eigenvalue weighted by Crippen LogP contribution is -2.45. The summed E-state index contributed by atoms with van der Waals surface area (Å²) in [5.41, 5.74) is 1.18. The normalized spacial score (nSPS) is 24.8. The van der Waals surface area contributed by atoms with Gasteiger partial charge in [-0.15, -0.1) is 0 Å². The van der Waals surface area contributed by atoms with Crippen LogP contribution in [0.2, 0.25) is 0 Å². The molecule has 1 aromatic rings. The third-order valence-electron chi connectivity index (χ3n) is 2.88. The van der Waals surface area contributed by atoms with Gasteiger partial charge in [0.2, 0.25) is 0 Å². The number of halogens is 1. The van der Waals surface area contributed by atoms with Crippen molar-refractivity contribution in [3.8, 4) is 0 Å². The number of carbonyl (C=O) groups is 1. The van der Waals surface area contributed by atoms with Crippen LogP contribution < -0.4 is 4.90 Å². The third kappa shape index (κ3) is 2.64. The van der Waals surface area contributed by atoms with Crippen LogP contribution in [0.4, 0.5) is 10.1 Å². The number of hydrogen-bond donors (Lipinski definition) is 0. The highest BCUT2D eigenvalue weighted by atomic mass is 19.1. The Kier molecular flexibility index (Phi) is 3.43. The van der Waals surface area contributed by atoms with Crippen molar-refractivity contribution >= 4 is 12.0 Å². The summed E-state index contributed by atoms with van der Waals surface area (Å²) in [6, 6.07) is 4.31. The van der Waals surface area contributed by atoms with Crippen LogP contribution in [-0.2, 0) is 4.74 Å². The Labute approximate surface area is 100 Å². The Balaban J connectivity index is 2.29. The molecule has 1 aliphatic heterocycles. The lowest BCUT2D eigenvalue weighted by atomic mass is 10.1. The Morgan fingerprint density at radius 1 is 1.35 bits per heavy atom. The van der Waals surface area contributed by atoms with Crippen LogP contribution in [0.3, 0.4) is 0 Å². The number of ether oxygens (including phenoxy) is 1. The molecule has 0 amide bonds. The number of aldehydes is 1. The molecule has 1 aromatic carbocycles. The summed E-state index contributed by atoms with van der Waals surface area (Å²) < 4.78 is 18.7. The van der Waals surface area contributed by atoms with Gasteiger partial charge in [0.15, 0.2) is 6.29 Å². The number of rotatable bonds is 2. The Morgan fingerprint density at radius 2 is 2.00 bits per heavy atom. The molecule has 17 heavy (non-hydrogen) atoms. The topological polar surface area (TPSA) is 29.5 Å². The van der Waals surface area contributed by atoms with E-state index < -0.39 is 0 Å². The van der Waals surface area contributed by atoms with Crippen LogP contribution in [0, 0.1) is 5.82 Å². The first-order valence-electron chi connectivity index (χ1n) is 5.75. The van der Waals surface area contributed by atoms with Crippen LogP contribution in [0.25, 0.3) is 0 Å². The molecule has 0 spiro atoms. The Bertz CT molecular complexity index is 412. The molecule has 0 aliphatic carbocycles. The molecule has 0 radical (unpaired) electrons. The minimum Gasteiger partial charge on any atom is -0.372 e. The summed E-state index contributed by atoms with van der Waals surface area (Å²) in [4.78, 5) is 13.0. The molecule has 0 N–H and O–H groups in total. The highest BCUT2D eigenvalue weighted by molar-refractivity contribution is 5.84. The van der Waals surface area contributed by atoms with Crippen molar-refractivity contribution in [2.24, 2.45) is 0 Å². The summed E-state index contributed by atoms with van der Waals surface area (Å²) in [5, 5.41) is 0. The van der Waals surface area contributed by atoms with Crippen molar-refractivity contribution < 1.29 is 13.9 Å². The second-order valence-electron chi connectivity index (χ2n) is 4.48. The van der Waals surface area contributed by atoms with Gasteiger partial charge in [-0.1, -0.05) is 0 Å². The van der Waals surface area contributed by atoms with E-state index in [0.29, 0.717) is 11.8 Å². The summed E-state index contributed by atoms with van der Waals surface area (Å²) in [6.45, 7) is 5.42. The average Bonchev–Trinajstić information content (AvgIpc) is 2.27. The standard InChI is InChI=1S/C13H16FNO2/c1-9-6-15(7-10(2)17-9)13-4-3-12(14)5-11(13)8-16/h3-5,8-10H,6-7H2,1-2H3/t9-,10+. The Hall–Kier alpha value is -1.42. The molecule has 0 bridgehead atoms. The molecule has 3 nitrogen and oxygen atoms in total. The van der Waals surface area contributed by atoms with Crippen molar-refractivity contribution in [2.75, 3.05) is 18.0 Å². The van der Waals surface area contributed by atoms with Gasteiger partial charge in [0.05, 0.1) is 12.2 Å². The molecule has 1 heterocycles. The molecule has 1 fully saturated rings. The van der Waals surface area contributed by atoms with Crippen molar-refractivity contribution in [3.63, 3.8) is 0 Å². The Morgan fingerprint density at radius 3 is 2.59 bits per heavy atom. The maximum Gasteiger partial charge on any atom is 0.152 e. The first-order valence-corrected chi connectivity index (χ1v) is 5.75. The minimum atomic E-state index is -0.384. The summed E-state index contributed by atoms with van der Waals surface area (Å²) in [5.74, 6) is -0.384. The van der Waals surface area contributed by atoms with E-state index in [2.05, 4.69) is 4.90 Å². The molecule has 0 unspecified atom stereocenters. The van der Waals surface area contributed by atoms with Gasteiger partial charge in [-0.25, -0.2) is 4.39 Å². The van der Waals surface area contributed by atoms with E-state index in [9.17, 15) is 9.18 Å². The zero-order valence-corrected chi connectivity index (χ0v) is 10.0. The fraction of sp³-hybridized carbons (Fsp3) is 0.462. The second kappa shape index (κ2) is 4.84. The van der Waals surface area contributed by atoms with Crippen molar-refractivity contribution in [1.29, 1.82) is 0 Å². The zero-order valence-electron chi connectivity index (χ0n) is 10.0. The lowest BCUT2D eigenvalue weighted by molar-refractivity contribution is -0.00525. The van der Waals surface area contributed by atoms with Crippen molar-refractivity contribution in [1.82, 2.24) is 0 Å². The summed E-state index contributed by atoms with van der Waals surface area (Å²) in [7, 11) is 0.